The number of carbonyl (C=O) groups is 2. The van der Waals surface area contributed by atoms with Crippen LogP contribution in [0.25, 0.3) is 10.9 Å². The van der Waals surface area contributed by atoms with Crippen LogP contribution in [0.3, 0.4) is 0 Å². The Hall–Kier alpha value is -2.91. The molecule has 0 aliphatic carbocycles. The lowest BCUT2D eigenvalue weighted by Gasteiger charge is -2.16. The van der Waals surface area contributed by atoms with Crippen LogP contribution in [0.2, 0.25) is 0 Å². The van der Waals surface area contributed by atoms with Crippen molar-refractivity contribution in [1.29, 1.82) is 0 Å². The summed E-state index contributed by atoms with van der Waals surface area (Å²) >= 11 is 0. The van der Waals surface area contributed by atoms with E-state index < -0.39 is 36.1 Å². The van der Waals surface area contributed by atoms with Gasteiger partial charge in [0.1, 0.15) is 6.04 Å². The van der Waals surface area contributed by atoms with Crippen LogP contribution in [0.15, 0.2) is 35.4 Å². The van der Waals surface area contributed by atoms with E-state index >= 15 is 0 Å². The molecule has 1 heterocycles. The Balaban J connectivity index is 2.03. The van der Waals surface area contributed by atoms with Gasteiger partial charge < -0.3 is 10.4 Å². The van der Waals surface area contributed by atoms with E-state index in [0.717, 1.165) is 4.57 Å². The monoisotopic (exact) mass is 357 g/mol. The first kappa shape index (κ1) is 18.4. The Bertz CT molecular complexity index is 848. The Labute approximate surface area is 139 Å². The molecule has 1 atom stereocenters. The van der Waals surface area contributed by atoms with Gasteiger partial charge in [-0.25, -0.2) is 9.78 Å². The summed E-state index contributed by atoms with van der Waals surface area (Å²) in [7, 11) is 0. The third-order valence-corrected chi connectivity index (χ3v) is 3.38. The Kier molecular flexibility index (Phi) is 5.40. The highest BCUT2D eigenvalue weighted by Gasteiger charge is 2.36. The van der Waals surface area contributed by atoms with Crippen molar-refractivity contribution in [2.24, 2.45) is 0 Å². The fraction of sp³-hybridized carbons (Fsp3) is 0.333. The number of nitrogens with one attached hydrogen (secondary N) is 1. The zero-order valence-electron chi connectivity index (χ0n) is 12.8. The van der Waals surface area contributed by atoms with Crippen molar-refractivity contribution >= 4 is 22.8 Å². The standard InChI is InChI=1S/C15H14F3N3O4/c16-15(17,18)7-11(14(24)25)20-12(22)5-6-21-8-19-10-4-2-1-3-9(10)13(21)23/h1-4,8,11H,5-7H2,(H,20,22)(H,24,25). The lowest BCUT2D eigenvalue weighted by atomic mass is 10.2. The van der Waals surface area contributed by atoms with Crippen LogP contribution in [0, 0.1) is 0 Å². The molecular formula is C15H14F3N3O4. The number of fused-ring (bicyclic) bond motifs is 1. The minimum atomic E-state index is -4.73. The number of carbonyl (C=O) groups excluding carboxylic acids is 1. The highest BCUT2D eigenvalue weighted by molar-refractivity contribution is 5.83. The van der Waals surface area contributed by atoms with Crippen molar-refractivity contribution in [2.75, 3.05) is 0 Å². The number of nitrogens with zero attached hydrogens (tertiary/aromatic N) is 2. The van der Waals surface area contributed by atoms with E-state index in [1.165, 1.54) is 6.33 Å². The second kappa shape index (κ2) is 7.32. The van der Waals surface area contributed by atoms with Crippen molar-refractivity contribution in [2.45, 2.75) is 31.6 Å². The molecule has 25 heavy (non-hydrogen) atoms. The van der Waals surface area contributed by atoms with Crippen LogP contribution in [-0.4, -0.2) is 38.8 Å². The van der Waals surface area contributed by atoms with E-state index in [9.17, 15) is 27.6 Å². The summed E-state index contributed by atoms with van der Waals surface area (Å²) in [6, 6.07) is 4.49. The van der Waals surface area contributed by atoms with Crippen molar-refractivity contribution in [3.8, 4) is 0 Å². The number of aromatic nitrogens is 2. The highest BCUT2D eigenvalue weighted by atomic mass is 19.4. The van der Waals surface area contributed by atoms with Crippen molar-refractivity contribution in [3.05, 3.63) is 40.9 Å². The third kappa shape index (κ3) is 5.03. The number of rotatable bonds is 6. The van der Waals surface area contributed by atoms with Crippen LogP contribution in [-0.2, 0) is 16.1 Å². The van der Waals surface area contributed by atoms with Gasteiger partial charge in [-0.05, 0) is 12.1 Å². The number of halogens is 3. The molecule has 7 nitrogen and oxygen atoms in total. The number of hydrogen-bond donors (Lipinski definition) is 2. The zero-order valence-corrected chi connectivity index (χ0v) is 12.8. The smallest absolute Gasteiger partial charge is 0.391 e. The fourth-order valence-electron chi connectivity index (χ4n) is 2.19. The van der Waals surface area contributed by atoms with E-state index in [2.05, 4.69) is 4.98 Å². The molecule has 0 radical (unpaired) electrons. The van der Waals surface area contributed by atoms with Crippen LogP contribution in [0.4, 0.5) is 13.2 Å². The normalized spacial score (nSPS) is 12.8. The fourth-order valence-corrected chi connectivity index (χ4v) is 2.19. The van der Waals surface area contributed by atoms with Gasteiger partial charge in [0.15, 0.2) is 0 Å². The molecule has 1 amide bonds. The maximum atomic E-state index is 12.3. The van der Waals surface area contributed by atoms with Gasteiger partial charge in [-0.2, -0.15) is 13.2 Å². The van der Waals surface area contributed by atoms with Gasteiger partial charge in [0.05, 0.1) is 23.7 Å². The second-order valence-corrected chi connectivity index (χ2v) is 5.29. The van der Waals surface area contributed by atoms with Crippen LogP contribution in [0.1, 0.15) is 12.8 Å². The number of benzene rings is 1. The van der Waals surface area contributed by atoms with E-state index in [0.29, 0.717) is 10.9 Å². The summed E-state index contributed by atoms with van der Waals surface area (Å²) in [5, 5.41) is 10.9. The molecule has 0 spiro atoms. The van der Waals surface area contributed by atoms with E-state index in [4.69, 9.17) is 5.11 Å². The third-order valence-electron chi connectivity index (χ3n) is 3.38. The molecular weight excluding hydrogens is 343 g/mol. The molecule has 2 N–H and O–H groups in total. The number of para-hydroxylation sites is 1. The summed E-state index contributed by atoms with van der Waals surface area (Å²) in [5.74, 6) is -2.69. The minimum absolute atomic E-state index is 0.138. The molecule has 10 heteroatoms. The Morgan fingerprint density at radius 3 is 2.60 bits per heavy atom. The molecule has 1 aromatic heterocycles. The number of aryl methyl sites for hydroxylation is 1. The summed E-state index contributed by atoms with van der Waals surface area (Å²) in [5.41, 5.74) is 0.0767. The lowest BCUT2D eigenvalue weighted by Crippen LogP contribution is -2.44. The Morgan fingerprint density at radius 1 is 1.28 bits per heavy atom. The van der Waals surface area contributed by atoms with Gasteiger partial charge in [0.25, 0.3) is 5.56 Å². The first-order valence-corrected chi connectivity index (χ1v) is 7.20. The summed E-state index contributed by atoms with van der Waals surface area (Å²) in [6.45, 7) is -0.138. The molecule has 0 saturated heterocycles. The maximum absolute atomic E-state index is 12.3. The predicted molar refractivity (Wildman–Crippen MR) is 80.9 cm³/mol. The Morgan fingerprint density at radius 2 is 1.96 bits per heavy atom. The quantitative estimate of drug-likeness (QED) is 0.812. The van der Waals surface area contributed by atoms with Crippen molar-refractivity contribution in [1.82, 2.24) is 14.9 Å². The van der Waals surface area contributed by atoms with Gasteiger partial charge in [-0.15, -0.1) is 0 Å². The zero-order chi connectivity index (χ0) is 18.6. The van der Waals surface area contributed by atoms with E-state index in [1.54, 1.807) is 29.6 Å². The number of carboxylic acids is 1. The number of carboxylic acid groups (broad SMARTS) is 1. The molecule has 1 aromatic carbocycles. The number of amides is 1. The van der Waals surface area contributed by atoms with E-state index in [-0.39, 0.29) is 13.0 Å². The highest BCUT2D eigenvalue weighted by Crippen LogP contribution is 2.21. The predicted octanol–water partition coefficient (Wildman–Crippen LogP) is 1.31. The lowest BCUT2D eigenvalue weighted by molar-refractivity contribution is -0.160. The molecule has 2 rings (SSSR count). The summed E-state index contributed by atoms with van der Waals surface area (Å²) < 4.78 is 38.0. The molecule has 134 valence electrons. The van der Waals surface area contributed by atoms with Gasteiger partial charge in [-0.1, -0.05) is 12.1 Å². The van der Waals surface area contributed by atoms with Crippen LogP contribution in [0.5, 0.6) is 0 Å². The first-order chi connectivity index (χ1) is 11.7. The topological polar surface area (TPSA) is 101 Å². The van der Waals surface area contributed by atoms with E-state index in [1.807, 2.05) is 0 Å². The van der Waals surface area contributed by atoms with Gasteiger partial charge >= 0.3 is 12.1 Å². The summed E-state index contributed by atoms with van der Waals surface area (Å²) in [6.07, 6.45) is -5.54. The minimum Gasteiger partial charge on any atom is -0.480 e. The van der Waals surface area contributed by atoms with Gasteiger partial charge in [0, 0.05) is 13.0 Å². The average Bonchev–Trinajstić information content (AvgIpc) is 2.52. The van der Waals surface area contributed by atoms with Gasteiger partial charge in [0.2, 0.25) is 5.91 Å². The SMILES string of the molecule is O=C(CCn1cnc2ccccc2c1=O)NC(CC(F)(F)F)C(=O)O. The molecule has 0 saturated carbocycles. The molecule has 0 bridgehead atoms. The first-order valence-electron chi connectivity index (χ1n) is 7.20. The van der Waals surface area contributed by atoms with Gasteiger partial charge in [-0.3, -0.25) is 14.2 Å². The number of aliphatic carboxylic acids is 1. The summed E-state index contributed by atoms with van der Waals surface area (Å²) in [4.78, 5) is 38.8. The molecule has 0 fully saturated rings. The van der Waals surface area contributed by atoms with Crippen molar-refractivity contribution < 1.29 is 27.9 Å². The second-order valence-electron chi connectivity index (χ2n) is 5.29. The van der Waals surface area contributed by atoms with Crippen LogP contribution >= 0.6 is 0 Å². The number of hydrogen-bond acceptors (Lipinski definition) is 4. The maximum Gasteiger partial charge on any atom is 0.391 e. The molecule has 0 aliphatic rings. The number of alkyl halides is 3. The molecule has 1 unspecified atom stereocenters. The molecule has 2 aromatic rings. The average molecular weight is 357 g/mol. The molecule has 0 aliphatic heterocycles. The van der Waals surface area contributed by atoms with Crippen LogP contribution < -0.4 is 10.9 Å². The largest absolute Gasteiger partial charge is 0.480 e. The van der Waals surface area contributed by atoms with Crippen molar-refractivity contribution in [3.63, 3.8) is 0 Å².